The molecule has 0 saturated heterocycles. The summed E-state index contributed by atoms with van der Waals surface area (Å²) in [7, 11) is 0. The number of aliphatic hydroxyl groups excluding tert-OH is 1. The van der Waals surface area contributed by atoms with Crippen LogP contribution in [0.3, 0.4) is 0 Å². The predicted molar refractivity (Wildman–Crippen MR) is 268 cm³/mol. The molecular weight excluding hydrogens is 781 g/mol. The number of carbonyl (C=O) groups is 2. The number of aliphatic hydroxyl groups is 1. The van der Waals surface area contributed by atoms with Crippen molar-refractivity contribution >= 4 is 11.9 Å². The highest BCUT2D eigenvalue weighted by Crippen LogP contribution is 2.28. The number of carbonyl (C=O) groups excluding carboxylic acids is 2. The Labute approximate surface area is 392 Å². The third-order valence-corrected chi connectivity index (χ3v) is 15.0. The van der Waals surface area contributed by atoms with Crippen LogP contribution in [0.4, 0.5) is 0 Å². The molecule has 1 N–H and O–H groups in total. The smallest absolute Gasteiger partial charge is 0.306 e. The summed E-state index contributed by atoms with van der Waals surface area (Å²) < 4.78 is 12.3. The summed E-state index contributed by atoms with van der Waals surface area (Å²) >= 11 is 0. The maximum Gasteiger partial charge on any atom is 0.306 e. The van der Waals surface area contributed by atoms with Gasteiger partial charge in [0.2, 0.25) is 0 Å². The van der Waals surface area contributed by atoms with E-state index < -0.39 is 0 Å². The largest absolute Gasteiger partial charge is 0.465 e. The van der Waals surface area contributed by atoms with Gasteiger partial charge < -0.3 is 14.6 Å². The van der Waals surface area contributed by atoms with Crippen LogP contribution >= 0.6 is 0 Å². The Hall–Kier alpha value is -1.18. The van der Waals surface area contributed by atoms with Crippen molar-refractivity contribution in [2.45, 2.75) is 284 Å². The monoisotopic (exact) mass is 889 g/mol. The molecule has 0 aromatic heterocycles. The van der Waals surface area contributed by atoms with Crippen LogP contribution in [0.1, 0.15) is 272 Å². The SMILES string of the molecule is CCCCCCCCC(CCCCCC)CC(=O)OCC(CCCCN(CCN(CCO)C1CCCCCC1)C1CCC1)COC(=O)CC(CCCCCC)CCCCCCCC. The normalized spacial score (nSPS) is 16.6. The van der Waals surface area contributed by atoms with Gasteiger partial charge in [-0.1, -0.05) is 195 Å². The second-order valence-electron chi connectivity index (χ2n) is 20.7. The van der Waals surface area contributed by atoms with Gasteiger partial charge in [-0.3, -0.25) is 19.4 Å². The van der Waals surface area contributed by atoms with E-state index in [2.05, 4.69) is 37.5 Å². The number of ether oxygens (including phenoxy) is 2. The van der Waals surface area contributed by atoms with E-state index in [1.807, 2.05) is 0 Å². The van der Waals surface area contributed by atoms with Crippen molar-refractivity contribution in [3.63, 3.8) is 0 Å². The summed E-state index contributed by atoms with van der Waals surface area (Å²) in [6.07, 6.45) is 45.8. The molecule has 0 bridgehead atoms. The summed E-state index contributed by atoms with van der Waals surface area (Å²) in [5, 5.41) is 9.96. The van der Waals surface area contributed by atoms with Crippen LogP contribution in [-0.2, 0) is 19.1 Å². The fourth-order valence-electron chi connectivity index (χ4n) is 10.5. The molecule has 2 atom stereocenters. The lowest BCUT2D eigenvalue weighted by Crippen LogP contribution is -2.47. The fraction of sp³-hybridized carbons (Fsp3) is 0.964. The standard InChI is InChI=1S/C56H108N2O5/c1-5-9-13-17-19-25-34-50(32-23-15-11-7-3)46-55(60)62-48-52(49-63-56(61)47-51(33-24-16-12-8-4)35-26-20-18-14-10-6-2)36-29-30-41-57(54-39-31-40-54)42-43-58(44-45-59)53-37-27-21-22-28-38-53/h50-54,59H,5-49H2,1-4H3. The Morgan fingerprint density at radius 3 is 1.17 bits per heavy atom. The zero-order valence-corrected chi connectivity index (χ0v) is 42.7. The third kappa shape index (κ3) is 30.7. The van der Waals surface area contributed by atoms with Gasteiger partial charge in [0.05, 0.1) is 19.8 Å². The van der Waals surface area contributed by atoms with Gasteiger partial charge in [0.25, 0.3) is 0 Å². The van der Waals surface area contributed by atoms with E-state index in [4.69, 9.17) is 9.47 Å². The number of hydrogen-bond acceptors (Lipinski definition) is 7. The average Bonchev–Trinajstić information content (AvgIpc) is 3.56. The summed E-state index contributed by atoms with van der Waals surface area (Å²) in [4.78, 5) is 32.4. The third-order valence-electron chi connectivity index (χ3n) is 15.0. The van der Waals surface area contributed by atoms with Gasteiger partial charge in [-0.25, -0.2) is 0 Å². The zero-order valence-electron chi connectivity index (χ0n) is 42.7. The molecule has 2 rings (SSSR count). The maximum atomic E-state index is 13.5. The van der Waals surface area contributed by atoms with Crippen molar-refractivity contribution < 1.29 is 24.2 Å². The molecule has 2 fully saturated rings. The van der Waals surface area contributed by atoms with E-state index in [0.29, 0.717) is 50.0 Å². The lowest BCUT2D eigenvalue weighted by Gasteiger charge is -2.40. The Morgan fingerprint density at radius 2 is 0.778 bits per heavy atom. The Bertz CT molecular complexity index is 979. The second-order valence-corrected chi connectivity index (χ2v) is 20.7. The molecule has 2 aliphatic carbocycles. The summed E-state index contributed by atoms with van der Waals surface area (Å²) in [6.45, 7) is 14.0. The lowest BCUT2D eigenvalue weighted by atomic mass is 9.91. The number of esters is 2. The van der Waals surface area contributed by atoms with Crippen LogP contribution in [-0.4, -0.2) is 84.9 Å². The number of nitrogens with zero attached hydrogens (tertiary/aromatic N) is 2. The minimum atomic E-state index is -0.0545. The number of hydrogen-bond donors (Lipinski definition) is 1. The van der Waals surface area contributed by atoms with Gasteiger partial charge in [-0.15, -0.1) is 0 Å². The van der Waals surface area contributed by atoms with Crippen molar-refractivity contribution in [3.05, 3.63) is 0 Å². The van der Waals surface area contributed by atoms with Crippen molar-refractivity contribution in [1.82, 2.24) is 9.80 Å². The summed E-state index contributed by atoms with van der Waals surface area (Å²) in [5.74, 6) is 0.743. The number of unbranched alkanes of at least 4 members (excludes halogenated alkanes) is 17. The molecule has 0 radical (unpaired) electrons. The van der Waals surface area contributed by atoms with E-state index in [1.165, 1.54) is 186 Å². The van der Waals surface area contributed by atoms with Gasteiger partial charge in [0, 0.05) is 50.5 Å². The quantitative estimate of drug-likeness (QED) is 0.0371. The van der Waals surface area contributed by atoms with Crippen LogP contribution in [0.2, 0.25) is 0 Å². The molecule has 0 aromatic carbocycles. The van der Waals surface area contributed by atoms with Crippen LogP contribution in [0.5, 0.6) is 0 Å². The zero-order chi connectivity index (χ0) is 45.4. The molecule has 0 aromatic rings. The Balaban J connectivity index is 2.03. The second kappa shape index (κ2) is 41.0. The van der Waals surface area contributed by atoms with E-state index in [0.717, 1.165) is 71.1 Å². The van der Waals surface area contributed by atoms with E-state index in [9.17, 15) is 14.7 Å². The highest BCUT2D eigenvalue weighted by atomic mass is 16.5. The van der Waals surface area contributed by atoms with E-state index in [-0.39, 0.29) is 24.5 Å². The fourth-order valence-corrected chi connectivity index (χ4v) is 10.5. The van der Waals surface area contributed by atoms with Gasteiger partial charge >= 0.3 is 11.9 Å². The van der Waals surface area contributed by atoms with Crippen molar-refractivity contribution in [1.29, 1.82) is 0 Å². The van der Waals surface area contributed by atoms with Gasteiger partial charge in [0.15, 0.2) is 0 Å². The van der Waals surface area contributed by atoms with Crippen molar-refractivity contribution in [2.24, 2.45) is 17.8 Å². The van der Waals surface area contributed by atoms with Gasteiger partial charge in [-0.05, 0) is 82.6 Å². The minimum Gasteiger partial charge on any atom is -0.465 e. The first-order valence-electron chi connectivity index (χ1n) is 28.3. The minimum absolute atomic E-state index is 0.0356. The molecule has 7 nitrogen and oxygen atoms in total. The first kappa shape index (κ1) is 57.9. The Morgan fingerprint density at radius 1 is 0.429 bits per heavy atom. The van der Waals surface area contributed by atoms with E-state index in [1.54, 1.807) is 0 Å². The van der Waals surface area contributed by atoms with Gasteiger partial charge in [0.1, 0.15) is 0 Å². The predicted octanol–water partition coefficient (Wildman–Crippen LogP) is 15.2. The molecule has 63 heavy (non-hydrogen) atoms. The highest BCUT2D eigenvalue weighted by molar-refractivity contribution is 5.70. The molecule has 0 spiro atoms. The number of rotatable bonds is 44. The molecule has 372 valence electrons. The summed E-state index contributed by atoms with van der Waals surface area (Å²) in [6, 6.07) is 1.30. The van der Waals surface area contributed by atoms with Crippen LogP contribution in [0.25, 0.3) is 0 Å². The molecule has 2 unspecified atom stereocenters. The van der Waals surface area contributed by atoms with Crippen LogP contribution in [0.15, 0.2) is 0 Å². The molecule has 0 amide bonds. The topological polar surface area (TPSA) is 79.3 Å². The lowest BCUT2D eigenvalue weighted by molar-refractivity contribution is -0.150. The summed E-state index contributed by atoms with van der Waals surface area (Å²) in [5.41, 5.74) is 0. The first-order valence-corrected chi connectivity index (χ1v) is 28.3. The Kier molecular flexibility index (Phi) is 37.8. The average molecular weight is 889 g/mol. The first-order chi connectivity index (χ1) is 30.9. The van der Waals surface area contributed by atoms with Crippen LogP contribution in [0, 0.1) is 17.8 Å². The highest BCUT2D eigenvalue weighted by Gasteiger charge is 2.27. The molecule has 0 aliphatic heterocycles. The maximum absolute atomic E-state index is 13.5. The molecule has 0 heterocycles. The molecule has 7 heteroatoms. The van der Waals surface area contributed by atoms with Crippen molar-refractivity contribution in [3.8, 4) is 0 Å². The van der Waals surface area contributed by atoms with Crippen LogP contribution < -0.4 is 0 Å². The van der Waals surface area contributed by atoms with E-state index >= 15 is 0 Å². The van der Waals surface area contributed by atoms with Crippen molar-refractivity contribution in [2.75, 3.05) is 46.0 Å². The molecular formula is C56H108N2O5. The molecule has 2 saturated carbocycles. The van der Waals surface area contributed by atoms with Gasteiger partial charge in [-0.2, -0.15) is 0 Å². The molecule has 2 aliphatic rings.